The van der Waals surface area contributed by atoms with Crippen LogP contribution in [-0.4, -0.2) is 24.9 Å². The van der Waals surface area contributed by atoms with Gasteiger partial charge >= 0.3 is 0 Å². The third kappa shape index (κ3) is 4.28. The monoisotopic (exact) mass is 162 g/mol. The number of carbonyl (C=O) groups excluding carboxylic acids is 1. The molecule has 0 aliphatic carbocycles. The third-order valence-corrected chi connectivity index (χ3v) is 0.937. The summed E-state index contributed by atoms with van der Waals surface area (Å²) < 4.78 is 24.5. The molecule has 0 spiro atoms. The summed E-state index contributed by atoms with van der Waals surface area (Å²) in [5.74, 6) is -2.30. The van der Waals surface area contributed by atoms with E-state index in [1.54, 1.807) is 5.92 Å². The predicted octanol–water partition coefficient (Wildman–Crippen LogP) is -0.670. The second-order valence-electron chi connectivity index (χ2n) is 1.89. The largest absolute Gasteiger partial charge is 0.339 e. The van der Waals surface area contributed by atoms with Gasteiger partial charge in [0.1, 0.15) is 0 Å². The van der Waals surface area contributed by atoms with Crippen LogP contribution >= 0.6 is 0 Å². The van der Waals surface area contributed by atoms with Crippen molar-refractivity contribution in [3.05, 3.63) is 0 Å². The molecule has 0 fully saturated rings. The molecule has 3 nitrogen and oxygen atoms in total. The zero-order valence-electron chi connectivity index (χ0n) is 5.73. The molecule has 0 saturated heterocycles. The van der Waals surface area contributed by atoms with Gasteiger partial charge in [0.15, 0.2) is 0 Å². The second kappa shape index (κ2) is 3.88. The molecule has 0 aromatic carbocycles. The highest BCUT2D eigenvalue weighted by molar-refractivity contribution is 5.92. The standard InChI is InChI=1S/C6H8F2N2O/c1-2-5(11)10-4-6(7,8)3-9/h1H,3-4,9H2,(H,10,11). The summed E-state index contributed by atoms with van der Waals surface area (Å²) in [5, 5.41) is 1.82. The van der Waals surface area contributed by atoms with E-state index >= 15 is 0 Å². The first-order chi connectivity index (χ1) is 5.02. The maximum absolute atomic E-state index is 12.2. The SMILES string of the molecule is C#CC(=O)NCC(F)(F)CN. The fourth-order valence-electron chi connectivity index (χ4n) is 0.333. The lowest BCUT2D eigenvalue weighted by atomic mass is 10.3. The number of hydrogen-bond acceptors (Lipinski definition) is 2. The Balaban J connectivity index is 3.72. The molecule has 0 saturated carbocycles. The molecule has 0 unspecified atom stereocenters. The minimum absolute atomic E-state index is 0.808. The number of terminal acetylenes is 1. The summed E-state index contributed by atoms with van der Waals surface area (Å²) in [6, 6.07) is 0. The molecule has 0 atom stereocenters. The minimum Gasteiger partial charge on any atom is -0.339 e. The lowest BCUT2D eigenvalue weighted by Crippen LogP contribution is -2.41. The van der Waals surface area contributed by atoms with Crippen LogP contribution in [0.15, 0.2) is 0 Å². The van der Waals surface area contributed by atoms with E-state index in [2.05, 4.69) is 12.2 Å². The van der Waals surface area contributed by atoms with E-state index in [0.29, 0.717) is 0 Å². The molecule has 0 aromatic heterocycles. The van der Waals surface area contributed by atoms with Gasteiger partial charge in [0.05, 0.1) is 13.1 Å². The van der Waals surface area contributed by atoms with Gasteiger partial charge in [-0.3, -0.25) is 4.79 Å². The zero-order chi connectivity index (χ0) is 8.91. The van der Waals surface area contributed by atoms with Crippen LogP contribution in [0.5, 0.6) is 0 Å². The number of nitrogens with one attached hydrogen (secondary N) is 1. The van der Waals surface area contributed by atoms with Crippen molar-refractivity contribution in [3.63, 3.8) is 0 Å². The molecule has 0 aliphatic rings. The Morgan fingerprint density at radius 2 is 2.27 bits per heavy atom. The van der Waals surface area contributed by atoms with Crippen LogP contribution in [0.2, 0.25) is 0 Å². The quantitative estimate of drug-likeness (QED) is 0.541. The number of nitrogens with two attached hydrogens (primary N) is 1. The van der Waals surface area contributed by atoms with Crippen molar-refractivity contribution in [2.75, 3.05) is 13.1 Å². The van der Waals surface area contributed by atoms with Crippen LogP contribution in [0.25, 0.3) is 0 Å². The Bertz CT molecular complexity index is 186. The van der Waals surface area contributed by atoms with Gasteiger partial charge in [0.25, 0.3) is 11.8 Å². The predicted molar refractivity (Wildman–Crippen MR) is 35.8 cm³/mol. The average molecular weight is 162 g/mol. The Kier molecular flexibility index (Phi) is 3.48. The first kappa shape index (κ1) is 9.85. The fraction of sp³-hybridized carbons (Fsp3) is 0.500. The topological polar surface area (TPSA) is 55.1 Å². The number of amides is 1. The highest BCUT2D eigenvalue weighted by atomic mass is 19.3. The molecule has 1 amide bonds. The highest BCUT2D eigenvalue weighted by Crippen LogP contribution is 2.07. The lowest BCUT2D eigenvalue weighted by Gasteiger charge is -2.12. The molecular formula is C6H8F2N2O. The van der Waals surface area contributed by atoms with Gasteiger partial charge in [-0.05, 0) is 5.92 Å². The number of hydrogen-bond donors (Lipinski definition) is 2. The van der Waals surface area contributed by atoms with Crippen LogP contribution in [-0.2, 0) is 4.79 Å². The van der Waals surface area contributed by atoms with E-state index in [4.69, 9.17) is 0 Å². The van der Waals surface area contributed by atoms with Crippen molar-refractivity contribution in [3.8, 4) is 12.3 Å². The van der Waals surface area contributed by atoms with E-state index < -0.39 is 24.9 Å². The van der Waals surface area contributed by atoms with Gasteiger partial charge < -0.3 is 11.1 Å². The van der Waals surface area contributed by atoms with Gasteiger partial charge in [0, 0.05) is 0 Å². The van der Waals surface area contributed by atoms with E-state index in [0.717, 1.165) is 0 Å². The molecule has 0 aromatic rings. The van der Waals surface area contributed by atoms with E-state index in [1.807, 2.05) is 5.32 Å². The number of carbonyl (C=O) groups is 1. The second-order valence-corrected chi connectivity index (χ2v) is 1.89. The average Bonchev–Trinajstić information content (AvgIpc) is 2.00. The summed E-state index contributed by atoms with van der Waals surface area (Å²) in [7, 11) is 0. The van der Waals surface area contributed by atoms with Gasteiger partial charge in [-0.2, -0.15) is 0 Å². The zero-order valence-corrected chi connectivity index (χ0v) is 5.73. The van der Waals surface area contributed by atoms with Gasteiger partial charge in [-0.25, -0.2) is 8.78 Å². The van der Waals surface area contributed by atoms with Crippen LogP contribution in [0.3, 0.4) is 0 Å². The van der Waals surface area contributed by atoms with Gasteiger partial charge in [0.2, 0.25) is 0 Å². The first-order valence-corrected chi connectivity index (χ1v) is 2.84. The first-order valence-electron chi connectivity index (χ1n) is 2.84. The molecule has 0 radical (unpaired) electrons. The third-order valence-electron chi connectivity index (χ3n) is 0.937. The maximum atomic E-state index is 12.2. The molecule has 5 heteroatoms. The smallest absolute Gasteiger partial charge is 0.295 e. The van der Waals surface area contributed by atoms with Gasteiger partial charge in [-0.15, -0.1) is 6.42 Å². The molecule has 0 bridgehead atoms. The highest BCUT2D eigenvalue weighted by Gasteiger charge is 2.26. The maximum Gasteiger partial charge on any atom is 0.295 e. The molecule has 11 heavy (non-hydrogen) atoms. The summed E-state index contributed by atoms with van der Waals surface area (Å²) in [6.45, 7) is -1.62. The number of alkyl halides is 2. The summed E-state index contributed by atoms with van der Waals surface area (Å²) in [6.07, 6.45) is 4.60. The normalized spacial score (nSPS) is 10.4. The summed E-state index contributed by atoms with van der Waals surface area (Å²) >= 11 is 0. The van der Waals surface area contributed by atoms with Gasteiger partial charge in [-0.1, -0.05) is 0 Å². The number of halogens is 2. The molecule has 62 valence electrons. The van der Waals surface area contributed by atoms with E-state index in [1.165, 1.54) is 0 Å². The molecule has 0 heterocycles. The lowest BCUT2D eigenvalue weighted by molar-refractivity contribution is -0.117. The minimum atomic E-state index is -3.08. The van der Waals surface area contributed by atoms with Crippen molar-refractivity contribution in [1.82, 2.24) is 5.32 Å². The summed E-state index contributed by atoms with van der Waals surface area (Å²) in [4.78, 5) is 10.3. The van der Waals surface area contributed by atoms with Crippen molar-refractivity contribution in [2.24, 2.45) is 5.73 Å². The van der Waals surface area contributed by atoms with E-state index in [-0.39, 0.29) is 0 Å². The van der Waals surface area contributed by atoms with Crippen molar-refractivity contribution < 1.29 is 13.6 Å². The molecule has 3 N–H and O–H groups in total. The van der Waals surface area contributed by atoms with Crippen LogP contribution in [0.4, 0.5) is 8.78 Å². The molecule has 0 rings (SSSR count). The van der Waals surface area contributed by atoms with Crippen LogP contribution < -0.4 is 11.1 Å². The van der Waals surface area contributed by atoms with Crippen LogP contribution in [0.1, 0.15) is 0 Å². The van der Waals surface area contributed by atoms with E-state index in [9.17, 15) is 13.6 Å². The Labute approximate surface area is 62.9 Å². The Morgan fingerprint density at radius 3 is 2.64 bits per heavy atom. The fourth-order valence-corrected chi connectivity index (χ4v) is 0.333. The Morgan fingerprint density at radius 1 is 1.73 bits per heavy atom. The summed E-state index contributed by atoms with van der Waals surface area (Å²) in [5.41, 5.74) is 4.68. The number of rotatable bonds is 3. The van der Waals surface area contributed by atoms with Crippen molar-refractivity contribution in [1.29, 1.82) is 0 Å². The van der Waals surface area contributed by atoms with Crippen molar-refractivity contribution in [2.45, 2.75) is 5.92 Å². The Hall–Kier alpha value is -1.15. The molecular weight excluding hydrogens is 154 g/mol. The van der Waals surface area contributed by atoms with Crippen LogP contribution in [0, 0.1) is 12.3 Å². The molecule has 0 aliphatic heterocycles. The van der Waals surface area contributed by atoms with Crippen molar-refractivity contribution >= 4 is 5.91 Å².